The van der Waals surface area contributed by atoms with Crippen LogP contribution in [-0.2, 0) is 0 Å². The van der Waals surface area contributed by atoms with Crippen LogP contribution in [0.15, 0.2) is 36.5 Å². The lowest BCUT2D eigenvalue weighted by Crippen LogP contribution is -2.27. The van der Waals surface area contributed by atoms with E-state index in [0.29, 0.717) is 5.69 Å². The van der Waals surface area contributed by atoms with Crippen LogP contribution < -0.4 is 10.6 Å². The normalized spacial score (nSPS) is 10.2. The van der Waals surface area contributed by atoms with Crippen LogP contribution in [0.5, 0.6) is 0 Å². The molecular formula is C14H14N4O3. The number of hydrogen-bond donors (Lipinski definition) is 1. The van der Waals surface area contributed by atoms with E-state index in [2.05, 4.69) is 4.98 Å². The molecule has 1 aromatic carbocycles. The average molecular weight is 286 g/mol. The first kappa shape index (κ1) is 14.4. The molecule has 0 aliphatic rings. The van der Waals surface area contributed by atoms with Crippen molar-refractivity contribution >= 4 is 23.1 Å². The lowest BCUT2D eigenvalue weighted by atomic mass is 10.1. The number of para-hydroxylation sites is 1. The van der Waals surface area contributed by atoms with Crippen LogP contribution >= 0.6 is 0 Å². The first-order valence-corrected chi connectivity index (χ1v) is 6.15. The maximum Gasteiger partial charge on any atom is 0.300 e. The van der Waals surface area contributed by atoms with Crippen molar-refractivity contribution in [2.24, 2.45) is 0 Å². The molecule has 0 bridgehead atoms. The number of aromatic nitrogens is 1. The highest BCUT2D eigenvalue weighted by atomic mass is 16.6. The van der Waals surface area contributed by atoms with Gasteiger partial charge < -0.3 is 10.6 Å². The Bertz CT molecular complexity index is 715. The van der Waals surface area contributed by atoms with Crippen molar-refractivity contribution in [1.82, 2.24) is 4.98 Å². The van der Waals surface area contributed by atoms with E-state index in [0.717, 1.165) is 11.8 Å². The van der Waals surface area contributed by atoms with Crippen LogP contribution in [0.1, 0.15) is 15.9 Å². The molecule has 0 radical (unpaired) electrons. The van der Waals surface area contributed by atoms with E-state index < -0.39 is 10.8 Å². The van der Waals surface area contributed by atoms with Gasteiger partial charge in [0.2, 0.25) is 0 Å². The lowest BCUT2D eigenvalue weighted by molar-refractivity contribution is -0.385. The number of anilines is 2. The van der Waals surface area contributed by atoms with E-state index >= 15 is 0 Å². The number of benzene rings is 1. The average Bonchev–Trinajstić information content (AvgIpc) is 2.45. The second kappa shape index (κ2) is 5.58. The topological polar surface area (TPSA) is 102 Å². The van der Waals surface area contributed by atoms with Crippen molar-refractivity contribution in [3.63, 3.8) is 0 Å². The molecule has 2 N–H and O–H groups in total. The number of nitrogens with zero attached hydrogens (tertiary/aromatic N) is 3. The predicted octanol–water partition coefficient (Wildman–Crippen LogP) is 2.16. The Labute approximate surface area is 121 Å². The summed E-state index contributed by atoms with van der Waals surface area (Å²) in [6.45, 7) is 1.86. The number of nitrogen functional groups attached to an aromatic ring is 1. The molecule has 1 heterocycles. The summed E-state index contributed by atoms with van der Waals surface area (Å²) in [5.41, 5.74) is 6.64. The fourth-order valence-corrected chi connectivity index (χ4v) is 2.01. The van der Waals surface area contributed by atoms with E-state index in [-0.39, 0.29) is 17.1 Å². The number of carbonyl (C=O) groups excluding carboxylic acids is 1. The standard InChI is InChI=1S/C14H14N4O3/c1-9-5-3-4-6-11(9)17(2)14(19)10-7-13(15)16-8-12(10)18(20)21/h3-8H,1-2H3,(H2,15,16). The van der Waals surface area contributed by atoms with Gasteiger partial charge in [0.15, 0.2) is 0 Å². The number of pyridine rings is 1. The minimum Gasteiger partial charge on any atom is -0.384 e. The van der Waals surface area contributed by atoms with Gasteiger partial charge in [-0.3, -0.25) is 14.9 Å². The third-order valence-electron chi connectivity index (χ3n) is 3.11. The second-order valence-electron chi connectivity index (χ2n) is 4.53. The summed E-state index contributed by atoms with van der Waals surface area (Å²) in [4.78, 5) is 27.9. The third-order valence-corrected chi connectivity index (χ3v) is 3.11. The second-order valence-corrected chi connectivity index (χ2v) is 4.53. The number of hydrogen-bond acceptors (Lipinski definition) is 5. The molecule has 1 aromatic heterocycles. The van der Waals surface area contributed by atoms with Gasteiger partial charge in [-0.1, -0.05) is 18.2 Å². The summed E-state index contributed by atoms with van der Waals surface area (Å²) < 4.78 is 0. The Morgan fingerprint density at radius 2 is 2.05 bits per heavy atom. The molecule has 0 saturated heterocycles. The van der Waals surface area contributed by atoms with Crippen molar-refractivity contribution in [1.29, 1.82) is 0 Å². The van der Waals surface area contributed by atoms with Gasteiger partial charge >= 0.3 is 0 Å². The molecule has 7 heteroatoms. The van der Waals surface area contributed by atoms with Gasteiger partial charge in [-0.25, -0.2) is 4.98 Å². The summed E-state index contributed by atoms with van der Waals surface area (Å²) in [5, 5.41) is 11.0. The van der Waals surface area contributed by atoms with E-state index in [4.69, 9.17) is 5.73 Å². The number of rotatable bonds is 3. The minimum absolute atomic E-state index is 0.0575. The summed E-state index contributed by atoms with van der Waals surface area (Å²) in [5.74, 6) is -0.452. The van der Waals surface area contributed by atoms with Crippen molar-refractivity contribution in [3.05, 3.63) is 57.8 Å². The van der Waals surface area contributed by atoms with E-state index in [9.17, 15) is 14.9 Å². The number of nitro groups is 1. The van der Waals surface area contributed by atoms with Crippen LogP contribution in [0.2, 0.25) is 0 Å². The van der Waals surface area contributed by atoms with Gasteiger partial charge in [0, 0.05) is 12.7 Å². The molecule has 0 unspecified atom stereocenters. The zero-order valence-electron chi connectivity index (χ0n) is 11.6. The highest BCUT2D eigenvalue weighted by Crippen LogP contribution is 2.25. The number of aryl methyl sites for hydroxylation is 1. The number of nitrogens with two attached hydrogens (primary N) is 1. The monoisotopic (exact) mass is 286 g/mol. The molecule has 0 spiro atoms. The van der Waals surface area contributed by atoms with Crippen molar-refractivity contribution in [3.8, 4) is 0 Å². The van der Waals surface area contributed by atoms with Gasteiger partial charge in [-0.2, -0.15) is 0 Å². The maximum absolute atomic E-state index is 12.5. The molecule has 2 aromatic rings. The van der Waals surface area contributed by atoms with E-state index in [1.54, 1.807) is 19.2 Å². The Morgan fingerprint density at radius 1 is 1.38 bits per heavy atom. The third kappa shape index (κ3) is 2.81. The van der Waals surface area contributed by atoms with Gasteiger partial charge in [-0.15, -0.1) is 0 Å². The number of amides is 1. The Morgan fingerprint density at radius 3 is 2.67 bits per heavy atom. The summed E-state index contributed by atoms with van der Waals surface area (Å²) in [7, 11) is 1.56. The van der Waals surface area contributed by atoms with Gasteiger partial charge in [0.05, 0.1) is 4.92 Å². The fourth-order valence-electron chi connectivity index (χ4n) is 2.01. The quantitative estimate of drug-likeness (QED) is 0.688. The molecule has 21 heavy (non-hydrogen) atoms. The Kier molecular flexibility index (Phi) is 3.84. The minimum atomic E-state index is -0.647. The van der Waals surface area contributed by atoms with Gasteiger partial charge in [0.1, 0.15) is 17.6 Å². The zero-order chi connectivity index (χ0) is 15.6. The fraction of sp³-hybridized carbons (Fsp3) is 0.143. The van der Waals surface area contributed by atoms with E-state index in [1.807, 2.05) is 19.1 Å². The van der Waals surface area contributed by atoms with Crippen molar-refractivity contribution in [2.75, 3.05) is 17.7 Å². The Hall–Kier alpha value is -2.96. The highest BCUT2D eigenvalue weighted by Gasteiger charge is 2.25. The molecule has 0 fully saturated rings. The first-order chi connectivity index (χ1) is 9.91. The Balaban J connectivity index is 2.47. The zero-order valence-corrected chi connectivity index (χ0v) is 11.6. The molecule has 108 valence electrons. The largest absolute Gasteiger partial charge is 0.384 e. The summed E-state index contributed by atoms with van der Waals surface area (Å²) >= 11 is 0. The molecule has 0 aliphatic carbocycles. The number of carbonyl (C=O) groups is 1. The molecule has 0 saturated carbocycles. The van der Waals surface area contributed by atoms with Crippen LogP contribution in [0, 0.1) is 17.0 Å². The van der Waals surface area contributed by atoms with Crippen LogP contribution in [-0.4, -0.2) is 22.9 Å². The van der Waals surface area contributed by atoms with Crippen molar-refractivity contribution in [2.45, 2.75) is 6.92 Å². The molecule has 1 amide bonds. The van der Waals surface area contributed by atoms with Gasteiger partial charge in [-0.05, 0) is 24.6 Å². The molecule has 7 nitrogen and oxygen atoms in total. The summed E-state index contributed by atoms with van der Waals surface area (Å²) in [6, 6.07) is 8.48. The highest BCUT2D eigenvalue weighted by molar-refractivity contribution is 6.09. The molecule has 0 atom stereocenters. The summed E-state index contributed by atoms with van der Waals surface area (Å²) in [6.07, 6.45) is 0.994. The smallest absolute Gasteiger partial charge is 0.300 e. The maximum atomic E-state index is 12.5. The van der Waals surface area contributed by atoms with Gasteiger partial charge in [0.25, 0.3) is 11.6 Å². The molecule has 0 aliphatic heterocycles. The SMILES string of the molecule is Cc1ccccc1N(C)C(=O)c1cc(N)ncc1[N+](=O)[O-]. The van der Waals surface area contributed by atoms with Crippen molar-refractivity contribution < 1.29 is 9.72 Å². The molecular weight excluding hydrogens is 272 g/mol. The first-order valence-electron chi connectivity index (χ1n) is 6.15. The molecule has 2 rings (SSSR count). The predicted molar refractivity (Wildman–Crippen MR) is 79.2 cm³/mol. The lowest BCUT2D eigenvalue weighted by Gasteiger charge is -2.19. The van der Waals surface area contributed by atoms with Crippen LogP contribution in [0.4, 0.5) is 17.2 Å². The van der Waals surface area contributed by atoms with E-state index in [1.165, 1.54) is 11.0 Å². The van der Waals surface area contributed by atoms with Crippen LogP contribution in [0.3, 0.4) is 0 Å². The van der Waals surface area contributed by atoms with Crippen LogP contribution in [0.25, 0.3) is 0 Å².